The van der Waals surface area contributed by atoms with Crippen LogP contribution in [0.25, 0.3) is 20.3 Å². The van der Waals surface area contributed by atoms with Crippen molar-refractivity contribution < 1.29 is 52.7 Å². The summed E-state index contributed by atoms with van der Waals surface area (Å²) in [4.78, 5) is 52.3. The number of ether oxygens (including phenoxy) is 4. The summed E-state index contributed by atoms with van der Waals surface area (Å²) in [6, 6.07) is 6.14. The lowest BCUT2D eigenvalue weighted by Gasteiger charge is -2.13. The Morgan fingerprint density at radius 2 is 1.35 bits per heavy atom. The number of thiophene rings is 2. The molecule has 43 heavy (non-hydrogen) atoms. The predicted molar refractivity (Wildman–Crippen MR) is 157 cm³/mol. The van der Waals surface area contributed by atoms with E-state index in [1.165, 1.54) is 45.5 Å². The Balaban J connectivity index is 1.47. The molecule has 0 radical (unpaired) electrons. The average Bonchev–Trinajstić information content (AvgIpc) is 3.59. The monoisotopic (exact) mass is 633 g/mol. The first kappa shape index (κ1) is 31.6. The number of benzene rings is 1. The van der Waals surface area contributed by atoms with Crippen molar-refractivity contribution in [3.05, 3.63) is 39.8 Å². The third kappa shape index (κ3) is 7.03. The maximum atomic E-state index is 15.5. The van der Waals surface area contributed by atoms with E-state index < -0.39 is 35.4 Å². The number of carboxylic acid groups (broad SMARTS) is 2. The zero-order chi connectivity index (χ0) is 31.4. The molecule has 3 heterocycles. The molecule has 0 saturated heterocycles. The second kappa shape index (κ2) is 13.3. The highest BCUT2D eigenvalue weighted by Gasteiger charge is 2.24. The van der Waals surface area contributed by atoms with Gasteiger partial charge in [-0.05, 0) is 12.1 Å². The van der Waals surface area contributed by atoms with Crippen molar-refractivity contribution in [3.63, 3.8) is 0 Å². The van der Waals surface area contributed by atoms with E-state index in [-0.39, 0.29) is 59.5 Å². The van der Waals surface area contributed by atoms with Crippen LogP contribution in [-0.2, 0) is 9.59 Å². The van der Waals surface area contributed by atoms with E-state index in [4.69, 9.17) is 29.2 Å². The van der Waals surface area contributed by atoms with Crippen LogP contribution in [0.2, 0.25) is 0 Å². The summed E-state index contributed by atoms with van der Waals surface area (Å²) in [7, 11) is 2.78. The average molecular weight is 634 g/mol. The number of aliphatic carboxylic acids is 2. The zero-order valence-electron chi connectivity index (χ0n) is 23.6. The molecule has 4 rings (SSSR count). The summed E-state index contributed by atoms with van der Waals surface area (Å²) < 4.78 is 38.7. The number of methoxy groups -OCH3 is 2. The molecule has 0 aliphatic carbocycles. The minimum atomic E-state index is -1.09. The summed E-state index contributed by atoms with van der Waals surface area (Å²) in [6.07, 6.45) is -0.351. The van der Waals surface area contributed by atoms with Gasteiger partial charge in [-0.25, -0.2) is 9.37 Å². The van der Waals surface area contributed by atoms with Gasteiger partial charge in [0.1, 0.15) is 13.2 Å². The Labute approximate surface area is 252 Å². The highest BCUT2D eigenvalue weighted by atomic mass is 32.1. The van der Waals surface area contributed by atoms with Gasteiger partial charge in [0.05, 0.1) is 46.0 Å². The molecule has 0 fully saturated rings. The number of hydrogen-bond donors (Lipinski definition) is 2. The Kier molecular flexibility index (Phi) is 9.81. The molecule has 2 N–H and O–H groups in total. The van der Waals surface area contributed by atoms with Crippen molar-refractivity contribution in [2.45, 2.75) is 26.7 Å². The Bertz CT molecular complexity index is 1710. The molecule has 3 aromatic heterocycles. The quantitative estimate of drug-likeness (QED) is 0.122. The fraction of sp³-hybridized carbons (Fsp3) is 0.345. The van der Waals surface area contributed by atoms with Crippen LogP contribution in [0, 0.1) is 17.7 Å². The van der Waals surface area contributed by atoms with Crippen molar-refractivity contribution in [2.75, 3.05) is 27.4 Å². The van der Waals surface area contributed by atoms with E-state index >= 15 is 4.39 Å². The van der Waals surface area contributed by atoms with Crippen molar-refractivity contribution in [2.24, 2.45) is 11.8 Å². The van der Waals surface area contributed by atoms with Gasteiger partial charge in [0.25, 0.3) is 5.88 Å². The number of rotatable bonds is 15. The van der Waals surface area contributed by atoms with E-state index in [1.54, 1.807) is 18.2 Å². The van der Waals surface area contributed by atoms with Gasteiger partial charge in [-0.3, -0.25) is 19.2 Å². The van der Waals surface area contributed by atoms with Gasteiger partial charge >= 0.3 is 11.9 Å². The van der Waals surface area contributed by atoms with Crippen molar-refractivity contribution in [3.8, 4) is 23.1 Å². The van der Waals surface area contributed by atoms with Gasteiger partial charge in [0.15, 0.2) is 34.6 Å². The fourth-order valence-corrected chi connectivity index (χ4v) is 6.07. The second-order valence-corrected chi connectivity index (χ2v) is 11.8. The molecule has 0 bridgehead atoms. The first-order chi connectivity index (χ1) is 20.4. The number of halogens is 1. The van der Waals surface area contributed by atoms with Crippen molar-refractivity contribution in [1.29, 1.82) is 0 Å². The topological polar surface area (TPSA) is 159 Å². The molecule has 14 heteroatoms. The summed E-state index contributed by atoms with van der Waals surface area (Å²) >= 11 is 2.21. The van der Waals surface area contributed by atoms with Crippen molar-refractivity contribution in [1.82, 2.24) is 4.98 Å². The number of pyridine rings is 1. The minimum absolute atomic E-state index is 0.0675. The maximum Gasteiger partial charge on any atom is 0.306 e. The highest BCUT2D eigenvalue weighted by molar-refractivity contribution is 7.21. The molecule has 0 saturated carbocycles. The Morgan fingerprint density at radius 3 is 1.93 bits per heavy atom. The number of carboxylic acids is 2. The third-order valence-corrected chi connectivity index (χ3v) is 8.74. The molecule has 1 aromatic carbocycles. The van der Waals surface area contributed by atoms with Crippen LogP contribution < -0.4 is 18.9 Å². The lowest BCUT2D eigenvalue weighted by Crippen LogP contribution is -2.14. The number of nitrogens with zero attached hydrogens (tertiary/aromatic N) is 1. The molecule has 228 valence electrons. The van der Waals surface area contributed by atoms with E-state index in [2.05, 4.69) is 4.98 Å². The van der Waals surface area contributed by atoms with E-state index in [0.29, 0.717) is 25.5 Å². The molecule has 0 amide bonds. The highest BCUT2D eigenvalue weighted by Crippen LogP contribution is 2.40. The molecule has 0 aliphatic heterocycles. The molecule has 4 aromatic rings. The molecular formula is C29H28FNO10S2. The van der Waals surface area contributed by atoms with Gasteiger partial charge in [0.2, 0.25) is 0 Å². The number of carbonyl (C=O) groups excluding carboxylic acids is 2. The largest absolute Gasteiger partial charge is 0.493 e. The van der Waals surface area contributed by atoms with Crippen LogP contribution in [0.15, 0.2) is 24.3 Å². The second-order valence-electron chi connectivity index (χ2n) is 9.66. The molecule has 0 spiro atoms. The molecular weight excluding hydrogens is 605 g/mol. The van der Waals surface area contributed by atoms with E-state index in [9.17, 15) is 19.2 Å². The summed E-state index contributed by atoms with van der Waals surface area (Å²) in [5.74, 6) is -4.94. The first-order valence-corrected chi connectivity index (χ1v) is 14.6. The third-order valence-electron chi connectivity index (χ3n) is 6.50. The van der Waals surface area contributed by atoms with Crippen LogP contribution in [0.3, 0.4) is 0 Å². The first-order valence-electron chi connectivity index (χ1n) is 13.0. The maximum absolute atomic E-state index is 15.5. The Hall–Kier alpha value is -4.30. The summed E-state index contributed by atoms with van der Waals surface area (Å²) in [6.45, 7) is 2.71. The summed E-state index contributed by atoms with van der Waals surface area (Å²) in [5, 5.41) is 18.3. The fourth-order valence-electron chi connectivity index (χ4n) is 4.06. The van der Waals surface area contributed by atoms with Crippen LogP contribution in [0.4, 0.5) is 4.39 Å². The number of Topliss-reactive ketones (excluding diaryl/α,β-unsaturated/α-hetero) is 2. The van der Waals surface area contributed by atoms with Crippen LogP contribution in [-0.4, -0.2) is 66.1 Å². The smallest absolute Gasteiger partial charge is 0.306 e. The number of hydrogen-bond acceptors (Lipinski definition) is 11. The minimum Gasteiger partial charge on any atom is -0.493 e. The zero-order valence-corrected chi connectivity index (χ0v) is 25.2. The van der Waals surface area contributed by atoms with E-state index in [1.807, 2.05) is 0 Å². The SMILES string of the molecule is COc1cc2sc(C(=O)CC(C)C(=O)O)cc2nc1OCCOc1c(OC)cc2sc(C(=O)CC(C)C(=O)O)cc2c1F. The molecule has 2 unspecified atom stereocenters. The van der Waals surface area contributed by atoms with Crippen LogP contribution in [0.5, 0.6) is 23.1 Å². The number of carbonyl (C=O) groups is 4. The number of aromatic nitrogens is 1. The lowest BCUT2D eigenvalue weighted by atomic mass is 10.0. The number of fused-ring (bicyclic) bond motifs is 2. The van der Waals surface area contributed by atoms with Crippen LogP contribution >= 0.6 is 22.7 Å². The van der Waals surface area contributed by atoms with Gasteiger partial charge in [-0.15, -0.1) is 22.7 Å². The Morgan fingerprint density at radius 1 is 0.814 bits per heavy atom. The number of ketones is 2. The van der Waals surface area contributed by atoms with Crippen molar-refractivity contribution >= 4 is 66.5 Å². The van der Waals surface area contributed by atoms with Gasteiger partial charge in [-0.1, -0.05) is 13.8 Å². The summed E-state index contributed by atoms with van der Waals surface area (Å²) in [5.41, 5.74) is 0.465. The molecule has 11 nitrogen and oxygen atoms in total. The standard InChI is InChI=1S/C29H28FNO10S2/c1-13(28(34)35)7-17(32)23-9-15-21(42-23)11-19(38-3)26(25(15)30)40-5-6-41-27-20(39-4)12-22-16(31-27)10-24(43-22)18(33)8-14(2)29(36)37/h9-14H,5-8H2,1-4H3,(H,34,35)(H,36,37). The molecule has 2 atom stereocenters. The molecule has 0 aliphatic rings. The van der Waals surface area contributed by atoms with Gasteiger partial charge in [0, 0.05) is 35.1 Å². The van der Waals surface area contributed by atoms with Gasteiger partial charge in [-0.2, -0.15) is 0 Å². The normalized spacial score (nSPS) is 12.6. The lowest BCUT2D eigenvalue weighted by molar-refractivity contribution is -0.141. The van der Waals surface area contributed by atoms with Gasteiger partial charge < -0.3 is 29.2 Å². The van der Waals surface area contributed by atoms with E-state index in [0.717, 1.165) is 11.3 Å². The van der Waals surface area contributed by atoms with Crippen LogP contribution in [0.1, 0.15) is 46.0 Å². The predicted octanol–water partition coefficient (Wildman–Crippen LogP) is 5.71.